The van der Waals surface area contributed by atoms with E-state index in [2.05, 4.69) is 27.3 Å². The summed E-state index contributed by atoms with van der Waals surface area (Å²) in [5.74, 6) is 1.04. The van der Waals surface area contributed by atoms with Gasteiger partial charge < -0.3 is 15.5 Å². The molecule has 0 saturated carbocycles. The first-order valence-electron chi connectivity index (χ1n) is 7.30. The number of nitrogen functional groups attached to an aromatic ring is 1. The molecule has 1 aliphatic rings. The Labute approximate surface area is 128 Å². The Balaban J connectivity index is 1.45. The first kappa shape index (κ1) is 14.5. The number of hydrogen-bond acceptors (Lipinski definition) is 7. The Morgan fingerprint density at radius 1 is 1.48 bits per heavy atom. The molecule has 0 radical (unpaired) electrons. The molecular weight excluding hydrogens is 286 g/mol. The number of aromatic nitrogens is 2. The topological polar surface area (TPSA) is 80.2 Å². The lowest BCUT2D eigenvalue weighted by molar-refractivity contribution is 0.174. The minimum Gasteiger partial charge on any atom is -0.468 e. The summed E-state index contributed by atoms with van der Waals surface area (Å²) in [7, 11) is 0. The number of anilines is 1. The molecule has 1 aliphatic heterocycles. The van der Waals surface area contributed by atoms with Crippen LogP contribution in [0.3, 0.4) is 0 Å². The van der Waals surface area contributed by atoms with Crippen molar-refractivity contribution in [1.82, 2.24) is 20.4 Å². The Hall–Kier alpha value is -1.44. The van der Waals surface area contributed by atoms with Crippen molar-refractivity contribution in [2.45, 2.75) is 38.4 Å². The van der Waals surface area contributed by atoms with Crippen LogP contribution in [0.5, 0.6) is 0 Å². The van der Waals surface area contributed by atoms with Gasteiger partial charge in [-0.05, 0) is 31.9 Å². The monoisotopic (exact) mass is 307 g/mol. The molecule has 7 heteroatoms. The van der Waals surface area contributed by atoms with Gasteiger partial charge in [0, 0.05) is 19.1 Å². The number of furan rings is 1. The fraction of sp³-hybridized carbons (Fsp3) is 0.571. The molecule has 1 unspecified atom stereocenters. The van der Waals surface area contributed by atoms with Crippen LogP contribution in [-0.2, 0) is 6.54 Å². The highest BCUT2D eigenvalue weighted by Crippen LogP contribution is 2.22. The molecule has 0 spiro atoms. The maximum Gasteiger partial charge on any atom is 0.203 e. The van der Waals surface area contributed by atoms with E-state index in [9.17, 15) is 0 Å². The Morgan fingerprint density at radius 3 is 2.90 bits per heavy atom. The van der Waals surface area contributed by atoms with E-state index >= 15 is 0 Å². The third-order valence-electron chi connectivity index (χ3n) is 3.86. The summed E-state index contributed by atoms with van der Waals surface area (Å²) in [6.07, 6.45) is 4.01. The van der Waals surface area contributed by atoms with E-state index in [1.807, 2.05) is 12.1 Å². The molecule has 1 saturated heterocycles. The third-order valence-corrected chi connectivity index (χ3v) is 4.79. The van der Waals surface area contributed by atoms with Crippen LogP contribution < -0.4 is 11.1 Å². The van der Waals surface area contributed by atoms with Crippen LogP contribution >= 0.6 is 11.3 Å². The standard InChI is InChI=1S/C14H21N5OS/c1-10(13-17-18-14(15)21-13)16-11-4-6-19(7-5-11)9-12-3-2-8-20-12/h2-3,8,10-11,16H,4-7,9H2,1H3,(H2,15,18). The van der Waals surface area contributed by atoms with Gasteiger partial charge in [0.1, 0.15) is 10.8 Å². The van der Waals surface area contributed by atoms with Gasteiger partial charge >= 0.3 is 0 Å². The first-order chi connectivity index (χ1) is 10.2. The predicted molar refractivity (Wildman–Crippen MR) is 82.9 cm³/mol. The SMILES string of the molecule is CC(NC1CCN(Cc2ccco2)CC1)c1nnc(N)s1. The molecule has 3 rings (SSSR count). The molecule has 3 N–H and O–H groups in total. The molecule has 0 aromatic carbocycles. The molecule has 2 aromatic rings. The Kier molecular flexibility index (Phi) is 4.52. The van der Waals surface area contributed by atoms with Gasteiger partial charge in [0.25, 0.3) is 0 Å². The average Bonchev–Trinajstić information content (AvgIpc) is 3.12. The summed E-state index contributed by atoms with van der Waals surface area (Å²) in [5, 5.41) is 13.1. The third kappa shape index (κ3) is 3.81. The van der Waals surface area contributed by atoms with Crippen LogP contribution in [0, 0.1) is 0 Å². The van der Waals surface area contributed by atoms with Gasteiger partial charge in [-0.2, -0.15) is 0 Å². The van der Waals surface area contributed by atoms with Crippen LogP contribution in [0.2, 0.25) is 0 Å². The number of rotatable bonds is 5. The van der Waals surface area contributed by atoms with E-state index in [0.29, 0.717) is 11.2 Å². The molecule has 21 heavy (non-hydrogen) atoms. The highest BCUT2D eigenvalue weighted by atomic mass is 32.1. The molecule has 0 bridgehead atoms. The predicted octanol–water partition coefficient (Wildman–Crippen LogP) is 2.03. The normalized spacial score (nSPS) is 18.9. The van der Waals surface area contributed by atoms with Gasteiger partial charge in [-0.1, -0.05) is 11.3 Å². The highest BCUT2D eigenvalue weighted by Gasteiger charge is 2.22. The van der Waals surface area contributed by atoms with Gasteiger partial charge in [0.05, 0.1) is 18.8 Å². The van der Waals surface area contributed by atoms with Crippen LogP contribution in [0.15, 0.2) is 22.8 Å². The molecule has 2 aromatic heterocycles. The molecular formula is C14H21N5OS. The van der Waals surface area contributed by atoms with E-state index in [1.165, 1.54) is 11.3 Å². The number of hydrogen-bond donors (Lipinski definition) is 2. The molecule has 1 fully saturated rings. The zero-order chi connectivity index (χ0) is 14.7. The Bertz CT molecular complexity index is 547. The summed E-state index contributed by atoms with van der Waals surface area (Å²) in [4.78, 5) is 2.44. The zero-order valence-corrected chi connectivity index (χ0v) is 13.0. The Morgan fingerprint density at radius 2 is 2.29 bits per heavy atom. The van der Waals surface area contributed by atoms with Gasteiger partial charge in [-0.15, -0.1) is 10.2 Å². The average molecular weight is 307 g/mol. The van der Waals surface area contributed by atoms with E-state index in [4.69, 9.17) is 10.2 Å². The summed E-state index contributed by atoms with van der Waals surface area (Å²) in [6.45, 7) is 5.20. The van der Waals surface area contributed by atoms with Crippen molar-refractivity contribution < 1.29 is 4.42 Å². The minimum atomic E-state index is 0.210. The second-order valence-electron chi connectivity index (χ2n) is 5.50. The summed E-state index contributed by atoms with van der Waals surface area (Å²) in [6, 6.07) is 4.71. The van der Waals surface area contributed by atoms with Crippen LogP contribution in [0.1, 0.15) is 36.6 Å². The van der Waals surface area contributed by atoms with Crippen molar-refractivity contribution in [3.63, 3.8) is 0 Å². The lowest BCUT2D eigenvalue weighted by Gasteiger charge is -2.33. The van der Waals surface area contributed by atoms with Gasteiger partial charge in [0.2, 0.25) is 5.13 Å². The maximum atomic E-state index is 5.63. The number of nitrogens with two attached hydrogens (primary N) is 1. The largest absolute Gasteiger partial charge is 0.468 e. The minimum absolute atomic E-state index is 0.210. The maximum absolute atomic E-state index is 5.63. The van der Waals surface area contributed by atoms with Crippen molar-refractivity contribution in [2.24, 2.45) is 0 Å². The second kappa shape index (κ2) is 6.55. The van der Waals surface area contributed by atoms with Crippen LogP contribution in [0.4, 0.5) is 5.13 Å². The molecule has 0 amide bonds. The summed E-state index contributed by atoms with van der Waals surface area (Å²) in [5.41, 5.74) is 5.63. The zero-order valence-electron chi connectivity index (χ0n) is 12.2. The first-order valence-corrected chi connectivity index (χ1v) is 8.12. The molecule has 6 nitrogen and oxygen atoms in total. The summed E-state index contributed by atoms with van der Waals surface area (Å²) >= 11 is 1.46. The molecule has 3 heterocycles. The van der Waals surface area contributed by atoms with E-state index in [0.717, 1.165) is 43.2 Å². The van der Waals surface area contributed by atoms with E-state index in [1.54, 1.807) is 6.26 Å². The lowest BCUT2D eigenvalue weighted by atomic mass is 10.0. The highest BCUT2D eigenvalue weighted by molar-refractivity contribution is 7.15. The summed E-state index contributed by atoms with van der Waals surface area (Å²) < 4.78 is 5.40. The fourth-order valence-corrected chi connectivity index (χ4v) is 3.35. The van der Waals surface area contributed by atoms with Gasteiger partial charge in [0.15, 0.2) is 0 Å². The number of nitrogens with zero attached hydrogens (tertiary/aromatic N) is 3. The lowest BCUT2D eigenvalue weighted by Crippen LogP contribution is -2.42. The van der Waals surface area contributed by atoms with Crippen molar-refractivity contribution in [2.75, 3.05) is 18.8 Å². The van der Waals surface area contributed by atoms with Crippen molar-refractivity contribution in [3.8, 4) is 0 Å². The second-order valence-corrected chi connectivity index (χ2v) is 6.54. The van der Waals surface area contributed by atoms with Gasteiger partial charge in [-0.3, -0.25) is 4.90 Å². The van der Waals surface area contributed by atoms with E-state index < -0.39 is 0 Å². The number of likely N-dealkylation sites (tertiary alicyclic amines) is 1. The quantitative estimate of drug-likeness (QED) is 0.880. The number of piperidine rings is 1. The number of nitrogens with one attached hydrogen (secondary N) is 1. The van der Waals surface area contributed by atoms with Gasteiger partial charge in [-0.25, -0.2) is 0 Å². The molecule has 0 aliphatic carbocycles. The van der Waals surface area contributed by atoms with Crippen molar-refractivity contribution in [3.05, 3.63) is 29.2 Å². The smallest absolute Gasteiger partial charge is 0.203 e. The van der Waals surface area contributed by atoms with E-state index in [-0.39, 0.29) is 6.04 Å². The van der Waals surface area contributed by atoms with Crippen LogP contribution in [-0.4, -0.2) is 34.2 Å². The molecule has 1 atom stereocenters. The van der Waals surface area contributed by atoms with Crippen LogP contribution in [0.25, 0.3) is 0 Å². The van der Waals surface area contributed by atoms with Crippen molar-refractivity contribution >= 4 is 16.5 Å². The van der Waals surface area contributed by atoms with Crippen molar-refractivity contribution in [1.29, 1.82) is 0 Å². The fourth-order valence-electron chi connectivity index (χ4n) is 2.73. The molecule has 114 valence electrons.